The number of nitrogens with one attached hydrogen (secondary N) is 1. The van der Waals surface area contributed by atoms with E-state index >= 15 is 0 Å². The predicted octanol–water partition coefficient (Wildman–Crippen LogP) is 5.40. The number of pyridine rings is 1. The van der Waals surface area contributed by atoms with E-state index in [4.69, 9.17) is 16.3 Å². The number of likely N-dealkylation sites (tertiary alicyclic amines) is 1. The Bertz CT molecular complexity index is 924. The summed E-state index contributed by atoms with van der Waals surface area (Å²) in [4.78, 5) is 25.6. The van der Waals surface area contributed by atoms with Crippen molar-refractivity contribution >= 4 is 29.3 Å². The first-order valence-corrected chi connectivity index (χ1v) is 10.1. The molecule has 1 N–H and O–H groups in total. The highest BCUT2D eigenvalue weighted by atomic mass is 35.5. The third-order valence-corrected chi connectivity index (χ3v) is 4.94. The number of amides is 1. The molecule has 2 aromatic heterocycles. The number of halogens is 4. The monoisotopic (exact) mass is 457 g/mol. The summed E-state index contributed by atoms with van der Waals surface area (Å²) in [5, 5.41) is 2.12. The van der Waals surface area contributed by atoms with E-state index < -0.39 is 22.5 Å². The molecule has 0 unspecified atom stereocenters. The molecule has 2 aromatic rings. The summed E-state index contributed by atoms with van der Waals surface area (Å²) in [5.41, 5.74) is -0.225. The fourth-order valence-electron chi connectivity index (χ4n) is 3.15. The van der Waals surface area contributed by atoms with Crippen molar-refractivity contribution in [1.29, 1.82) is 0 Å². The molecule has 1 fully saturated rings. The highest BCUT2D eigenvalue weighted by molar-refractivity contribution is 6.30. The van der Waals surface area contributed by atoms with Crippen LogP contribution in [0.15, 0.2) is 24.5 Å². The predicted molar refractivity (Wildman–Crippen MR) is 109 cm³/mol. The van der Waals surface area contributed by atoms with Crippen molar-refractivity contribution in [2.45, 2.75) is 51.3 Å². The molecule has 0 aromatic carbocycles. The molecule has 1 saturated heterocycles. The van der Waals surface area contributed by atoms with Crippen LogP contribution >= 0.6 is 11.6 Å². The standard InChI is InChI=1S/C20H23ClF3N5O2/c1-19(2,3)31-18(30)29-8-6-12(7-9-29)15-5-4-13(10-25-15)27-17-26-11-14(16(21)28-17)20(22,23)24/h4-5,10-12H,6-9H2,1-3H3,(H,26,27,28). The van der Waals surface area contributed by atoms with Gasteiger partial charge in [0.25, 0.3) is 0 Å². The number of rotatable bonds is 3. The summed E-state index contributed by atoms with van der Waals surface area (Å²) in [7, 11) is 0. The average molecular weight is 458 g/mol. The molecule has 1 aliphatic heterocycles. The van der Waals surface area contributed by atoms with Gasteiger partial charge in [0.2, 0.25) is 5.95 Å². The molecule has 3 heterocycles. The fourth-order valence-corrected chi connectivity index (χ4v) is 3.38. The number of hydrogen-bond donors (Lipinski definition) is 1. The Balaban J connectivity index is 1.58. The van der Waals surface area contributed by atoms with Crippen LogP contribution in [0.5, 0.6) is 0 Å². The number of nitrogens with zero attached hydrogens (tertiary/aromatic N) is 4. The quantitative estimate of drug-likeness (QED) is 0.621. The molecule has 0 bridgehead atoms. The number of piperidine rings is 1. The Hall–Kier alpha value is -2.62. The normalized spacial score (nSPS) is 15.6. The van der Waals surface area contributed by atoms with Crippen LogP contribution in [0.3, 0.4) is 0 Å². The molecule has 1 amide bonds. The molecular weight excluding hydrogens is 435 g/mol. The molecule has 31 heavy (non-hydrogen) atoms. The zero-order valence-corrected chi connectivity index (χ0v) is 18.1. The Kier molecular flexibility index (Phi) is 6.59. The van der Waals surface area contributed by atoms with E-state index in [1.165, 1.54) is 0 Å². The van der Waals surface area contributed by atoms with E-state index in [-0.39, 0.29) is 18.0 Å². The van der Waals surface area contributed by atoms with Crippen LogP contribution < -0.4 is 5.32 Å². The minimum absolute atomic E-state index is 0.0572. The van der Waals surface area contributed by atoms with E-state index in [9.17, 15) is 18.0 Å². The smallest absolute Gasteiger partial charge is 0.420 e. The minimum Gasteiger partial charge on any atom is -0.444 e. The van der Waals surface area contributed by atoms with Crippen molar-refractivity contribution in [3.8, 4) is 0 Å². The van der Waals surface area contributed by atoms with Gasteiger partial charge in [-0.05, 0) is 45.7 Å². The Morgan fingerprint density at radius 2 is 1.84 bits per heavy atom. The lowest BCUT2D eigenvalue weighted by Crippen LogP contribution is -2.41. The first-order chi connectivity index (χ1) is 14.4. The summed E-state index contributed by atoms with van der Waals surface area (Å²) in [6.45, 7) is 6.67. The molecule has 168 valence electrons. The van der Waals surface area contributed by atoms with E-state index in [2.05, 4.69) is 20.3 Å². The van der Waals surface area contributed by atoms with Crippen LogP contribution in [-0.2, 0) is 10.9 Å². The molecule has 0 atom stereocenters. The molecule has 0 aliphatic carbocycles. The number of anilines is 2. The molecule has 11 heteroatoms. The summed E-state index contributed by atoms with van der Waals surface area (Å²) in [6.07, 6.45) is -1.21. The Morgan fingerprint density at radius 3 is 2.35 bits per heavy atom. The van der Waals surface area contributed by atoms with Crippen LogP contribution in [0.25, 0.3) is 0 Å². The summed E-state index contributed by atoms with van der Waals surface area (Å²) < 4.78 is 43.6. The SMILES string of the molecule is CC(C)(C)OC(=O)N1CCC(c2ccc(Nc3ncc(C(F)(F)F)c(Cl)n3)cn2)CC1. The van der Waals surface area contributed by atoms with E-state index in [0.29, 0.717) is 25.0 Å². The van der Waals surface area contributed by atoms with E-state index in [1.807, 2.05) is 26.8 Å². The second kappa shape index (κ2) is 8.86. The second-order valence-corrected chi connectivity index (χ2v) is 8.59. The lowest BCUT2D eigenvalue weighted by Gasteiger charge is -2.33. The van der Waals surface area contributed by atoms with Crippen molar-refractivity contribution in [3.05, 3.63) is 40.9 Å². The van der Waals surface area contributed by atoms with Crippen LogP contribution in [0.1, 0.15) is 50.8 Å². The highest BCUT2D eigenvalue weighted by Crippen LogP contribution is 2.34. The molecule has 0 spiro atoms. The van der Waals surface area contributed by atoms with Gasteiger partial charge in [0.05, 0.1) is 11.9 Å². The summed E-state index contributed by atoms with van der Waals surface area (Å²) in [6, 6.07) is 3.58. The molecule has 1 aliphatic rings. The van der Waals surface area contributed by atoms with Gasteiger partial charge in [-0.15, -0.1) is 0 Å². The van der Waals surface area contributed by atoms with Crippen LogP contribution in [0.2, 0.25) is 5.15 Å². The first kappa shape index (κ1) is 23.1. The number of ether oxygens (including phenoxy) is 1. The first-order valence-electron chi connectivity index (χ1n) is 9.73. The number of alkyl halides is 3. The number of aromatic nitrogens is 3. The van der Waals surface area contributed by atoms with Gasteiger partial charge in [-0.3, -0.25) is 4.98 Å². The van der Waals surface area contributed by atoms with Gasteiger partial charge >= 0.3 is 12.3 Å². The van der Waals surface area contributed by atoms with Gasteiger partial charge in [-0.1, -0.05) is 11.6 Å². The van der Waals surface area contributed by atoms with Crippen LogP contribution in [0, 0.1) is 0 Å². The molecule has 3 rings (SSSR count). The summed E-state index contributed by atoms with van der Waals surface area (Å²) in [5.74, 6) is 0.141. The molecule has 0 radical (unpaired) electrons. The maximum atomic E-state index is 12.7. The maximum absolute atomic E-state index is 12.7. The van der Waals surface area contributed by atoms with Gasteiger partial charge in [-0.25, -0.2) is 14.8 Å². The average Bonchev–Trinajstić information content (AvgIpc) is 2.66. The van der Waals surface area contributed by atoms with E-state index in [1.54, 1.807) is 17.2 Å². The zero-order chi connectivity index (χ0) is 22.8. The Morgan fingerprint density at radius 1 is 1.16 bits per heavy atom. The Labute approximate surface area is 183 Å². The number of hydrogen-bond acceptors (Lipinski definition) is 6. The third kappa shape index (κ3) is 6.19. The van der Waals surface area contributed by atoms with E-state index in [0.717, 1.165) is 18.5 Å². The lowest BCUT2D eigenvalue weighted by molar-refractivity contribution is -0.137. The summed E-state index contributed by atoms with van der Waals surface area (Å²) >= 11 is 5.61. The molecular formula is C20H23ClF3N5O2. The highest BCUT2D eigenvalue weighted by Gasteiger charge is 2.34. The third-order valence-electron chi connectivity index (χ3n) is 4.66. The fraction of sp³-hybridized carbons (Fsp3) is 0.500. The number of carbonyl (C=O) groups excluding carboxylic acids is 1. The van der Waals surface area contributed by atoms with Gasteiger partial charge in [0.15, 0.2) is 0 Å². The van der Waals surface area contributed by atoms with Crippen molar-refractivity contribution in [2.24, 2.45) is 0 Å². The number of carbonyl (C=O) groups is 1. The molecule has 0 saturated carbocycles. The zero-order valence-electron chi connectivity index (χ0n) is 17.3. The van der Waals surface area contributed by atoms with Gasteiger partial charge in [-0.2, -0.15) is 13.2 Å². The van der Waals surface area contributed by atoms with Gasteiger partial charge in [0.1, 0.15) is 16.3 Å². The van der Waals surface area contributed by atoms with Crippen molar-refractivity contribution in [1.82, 2.24) is 19.9 Å². The van der Waals surface area contributed by atoms with Gasteiger partial charge in [0, 0.05) is 30.9 Å². The minimum atomic E-state index is -4.61. The maximum Gasteiger partial charge on any atom is 0.420 e. The van der Waals surface area contributed by atoms with Crippen molar-refractivity contribution < 1.29 is 22.7 Å². The van der Waals surface area contributed by atoms with Crippen LogP contribution in [0.4, 0.5) is 29.6 Å². The lowest BCUT2D eigenvalue weighted by atomic mass is 9.93. The van der Waals surface area contributed by atoms with Crippen molar-refractivity contribution in [2.75, 3.05) is 18.4 Å². The molecule has 7 nitrogen and oxygen atoms in total. The van der Waals surface area contributed by atoms with Crippen molar-refractivity contribution in [3.63, 3.8) is 0 Å². The topological polar surface area (TPSA) is 80.2 Å². The van der Waals surface area contributed by atoms with Gasteiger partial charge < -0.3 is 15.0 Å². The second-order valence-electron chi connectivity index (χ2n) is 8.23. The largest absolute Gasteiger partial charge is 0.444 e. The van der Waals surface area contributed by atoms with Crippen LogP contribution in [-0.4, -0.2) is 44.6 Å².